The van der Waals surface area contributed by atoms with Gasteiger partial charge in [0.2, 0.25) is 5.91 Å². The van der Waals surface area contributed by atoms with Gasteiger partial charge >= 0.3 is 0 Å². The van der Waals surface area contributed by atoms with Gasteiger partial charge in [0.15, 0.2) is 0 Å². The number of amides is 1. The van der Waals surface area contributed by atoms with Crippen molar-refractivity contribution in [2.45, 2.75) is 33.4 Å². The lowest BCUT2D eigenvalue weighted by molar-refractivity contribution is -0.130. The van der Waals surface area contributed by atoms with Gasteiger partial charge in [0.05, 0.1) is 12.1 Å². The van der Waals surface area contributed by atoms with Crippen LogP contribution in [0.1, 0.15) is 28.8 Å². The zero-order valence-electron chi connectivity index (χ0n) is 15.7. The Morgan fingerprint density at radius 3 is 2.56 bits per heavy atom. The minimum atomic E-state index is 0.0951. The summed E-state index contributed by atoms with van der Waals surface area (Å²) in [5.74, 6) is 0.922. The van der Waals surface area contributed by atoms with Crippen LogP contribution in [0.2, 0.25) is 0 Å². The van der Waals surface area contributed by atoms with Crippen molar-refractivity contribution in [3.8, 4) is 5.75 Å². The van der Waals surface area contributed by atoms with Gasteiger partial charge < -0.3 is 9.64 Å². The van der Waals surface area contributed by atoms with E-state index in [4.69, 9.17) is 4.74 Å². The van der Waals surface area contributed by atoms with Crippen LogP contribution in [0.15, 0.2) is 60.0 Å². The molecule has 1 heterocycles. The monoisotopic (exact) mass is 380 g/mol. The van der Waals surface area contributed by atoms with Crippen LogP contribution in [-0.2, 0) is 24.4 Å². The highest BCUT2D eigenvalue weighted by Crippen LogP contribution is 2.17. The smallest absolute Gasteiger partial charge is 0.228 e. The van der Waals surface area contributed by atoms with Crippen molar-refractivity contribution in [3.05, 3.63) is 81.8 Å². The summed E-state index contributed by atoms with van der Waals surface area (Å²) in [5.41, 5.74) is 3.14. The number of hydrogen-bond acceptors (Lipinski definition) is 4. The largest absolute Gasteiger partial charge is 0.486 e. The fraction of sp³-hybridized carbons (Fsp3) is 0.273. The van der Waals surface area contributed by atoms with Crippen molar-refractivity contribution >= 4 is 17.2 Å². The average molecular weight is 381 g/mol. The van der Waals surface area contributed by atoms with Crippen LogP contribution in [0.25, 0.3) is 0 Å². The molecule has 0 bridgehead atoms. The van der Waals surface area contributed by atoms with Crippen molar-refractivity contribution in [2.75, 3.05) is 6.54 Å². The summed E-state index contributed by atoms with van der Waals surface area (Å²) in [6, 6.07) is 18.0. The van der Waals surface area contributed by atoms with Gasteiger partial charge in [-0.3, -0.25) is 4.79 Å². The SMILES string of the molecule is CCN(Cc1ccccc1)C(=O)Cc1csc(COc2ccc(C)cc2)n1. The predicted molar refractivity (Wildman–Crippen MR) is 109 cm³/mol. The number of hydrogen-bond donors (Lipinski definition) is 0. The van der Waals surface area contributed by atoms with Crippen molar-refractivity contribution in [2.24, 2.45) is 0 Å². The number of nitrogens with zero attached hydrogens (tertiary/aromatic N) is 2. The predicted octanol–water partition coefficient (Wildman–Crippen LogP) is 4.62. The number of aryl methyl sites for hydroxylation is 1. The molecule has 1 aromatic heterocycles. The number of benzene rings is 2. The third kappa shape index (κ3) is 5.66. The molecule has 0 fully saturated rings. The summed E-state index contributed by atoms with van der Waals surface area (Å²) in [5, 5.41) is 2.83. The highest BCUT2D eigenvalue weighted by molar-refractivity contribution is 7.09. The molecular formula is C22H24N2O2S. The van der Waals surface area contributed by atoms with E-state index in [2.05, 4.69) is 4.98 Å². The quantitative estimate of drug-likeness (QED) is 0.573. The van der Waals surface area contributed by atoms with Gasteiger partial charge in [0, 0.05) is 18.5 Å². The summed E-state index contributed by atoms with van der Waals surface area (Å²) >= 11 is 1.53. The molecule has 0 aliphatic heterocycles. The Morgan fingerprint density at radius 2 is 1.85 bits per heavy atom. The van der Waals surface area contributed by atoms with Gasteiger partial charge in [-0.05, 0) is 31.5 Å². The molecule has 0 saturated heterocycles. The first-order valence-electron chi connectivity index (χ1n) is 9.08. The van der Waals surface area contributed by atoms with E-state index in [9.17, 15) is 4.79 Å². The molecule has 1 amide bonds. The Kier molecular flexibility index (Phi) is 6.60. The van der Waals surface area contributed by atoms with Gasteiger partial charge in [0.25, 0.3) is 0 Å². The van der Waals surface area contributed by atoms with E-state index >= 15 is 0 Å². The molecular weight excluding hydrogens is 356 g/mol. The minimum Gasteiger partial charge on any atom is -0.486 e. The fourth-order valence-corrected chi connectivity index (χ4v) is 3.43. The third-order valence-electron chi connectivity index (χ3n) is 4.27. The normalized spacial score (nSPS) is 10.6. The molecule has 3 rings (SSSR count). The van der Waals surface area contributed by atoms with Gasteiger partial charge in [0.1, 0.15) is 17.4 Å². The lowest BCUT2D eigenvalue weighted by atomic mass is 10.2. The van der Waals surface area contributed by atoms with Crippen molar-refractivity contribution in [1.82, 2.24) is 9.88 Å². The molecule has 27 heavy (non-hydrogen) atoms. The standard InChI is InChI=1S/C22H24N2O2S/c1-3-24(14-18-7-5-4-6-8-18)22(25)13-19-16-27-21(23-19)15-26-20-11-9-17(2)10-12-20/h4-12,16H,3,13-15H2,1-2H3. The van der Waals surface area contributed by atoms with E-state index in [1.807, 2.05) is 78.7 Å². The molecule has 0 N–H and O–H groups in total. The van der Waals surface area contributed by atoms with E-state index in [1.165, 1.54) is 16.9 Å². The number of likely N-dealkylation sites (N-methyl/N-ethyl adjacent to an activating group) is 1. The minimum absolute atomic E-state index is 0.0951. The summed E-state index contributed by atoms with van der Waals surface area (Å²) in [6.45, 7) is 5.78. The van der Waals surface area contributed by atoms with E-state index in [0.717, 1.165) is 22.0 Å². The highest BCUT2D eigenvalue weighted by Gasteiger charge is 2.15. The van der Waals surface area contributed by atoms with E-state index < -0.39 is 0 Å². The molecule has 140 valence electrons. The van der Waals surface area contributed by atoms with Gasteiger partial charge in [-0.15, -0.1) is 11.3 Å². The first kappa shape index (κ1) is 19.1. The Morgan fingerprint density at radius 1 is 1.11 bits per heavy atom. The third-order valence-corrected chi connectivity index (χ3v) is 5.14. The lowest BCUT2D eigenvalue weighted by Gasteiger charge is -2.20. The molecule has 3 aromatic rings. The van der Waals surface area contributed by atoms with Crippen LogP contribution < -0.4 is 4.74 Å². The van der Waals surface area contributed by atoms with Gasteiger partial charge in [-0.25, -0.2) is 4.98 Å². The maximum absolute atomic E-state index is 12.6. The topological polar surface area (TPSA) is 42.4 Å². The van der Waals surface area contributed by atoms with Crippen molar-refractivity contribution in [3.63, 3.8) is 0 Å². The first-order chi connectivity index (χ1) is 13.1. The molecule has 4 nitrogen and oxygen atoms in total. The van der Waals surface area contributed by atoms with Crippen LogP contribution in [0.3, 0.4) is 0 Å². The second kappa shape index (κ2) is 9.33. The van der Waals surface area contributed by atoms with E-state index in [0.29, 0.717) is 26.1 Å². The number of carbonyl (C=O) groups is 1. The lowest BCUT2D eigenvalue weighted by Crippen LogP contribution is -2.31. The number of rotatable bonds is 8. The van der Waals surface area contributed by atoms with Gasteiger partial charge in [-0.2, -0.15) is 0 Å². The Bertz CT molecular complexity index is 860. The summed E-state index contributed by atoms with van der Waals surface area (Å²) in [7, 11) is 0. The molecule has 0 aliphatic carbocycles. The highest BCUT2D eigenvalue weighted by atomic mass is 32.1. The second-order valence-electron chi connectivity index (χ2n) is 6.40. The van der Waals surface area contributed by atoms with E-state index in [1.54, 1.807) is 0 Å². The molecule has 5 heteroatoms. The average Bonchev–Trinajstić information content (AvgIpc) is 3.13. The number of aromatic nitrogens is 1. The fourth-order valence-electron chi connectivity index (χ4n) is 2.72. The Labute approximate surface area is 164 Å². The molecule has 0 unspecified atom stereocenters. The maximum Gasteiger partial charge on any atom is 0.228 e. The maximum atomic E-state index is 12.6. The number of thiazole rings is 1. The Balaban J connectivity index is 1.54. The summed E-state index contributed by atoms with van der Waals surface area (Å²) in [4.78, 5) is 19.0. The zero-order valence-corrected chi connectivity index (χ0v) is 16.5. The van der Waals surface area contributed by atoms with Crippen LogP contribution in [0.5, 0.6) is 5.75 Å². The van der Waals surface area contributed by atoms with Gasteiger partial charge in [-0.1, -0.05) is 48.0 Å². The number of carbonyl (C=O) groups excluding carboxylic acids is 1. The van der Waals surface area contributed by atoms with Crippen LogP contribution >= 0.6 is 11.3 Å². The van der Waals surface area contributed by atoms with Crippen LogP contribution in [0.4, 0.5) is 0 Å². The molecule has 0 aliphatic rings. The first-order valence-corrected chi connectivity index (χ1v) is 9.96. The number of ether oxygens (including phenoxy) is 1. The molecule has 0 atom stereocenters. The molecule has 2 aromatic carbocycles. The van der Waals surface area contributed by atoms with E-state index in [-0.39, 0.29) is 5.91 Å². The van der Waals surface area contributed by atoms with Crippen molar-refractivity contribution in [1.29, 1.82) is 0 Å². The zero-order chi connectivity index (χ0) is 19.1. The van der Waals surface area contributed by atoms with Crippen molar-refractivity contribution < 1.29 is 9.53 Å². The molecule has 0 radical (unpaired) electrons. The Hall–Kier alpha value is -2.66. The molecule has 0 spiro atoms. The molecule has 0 saturated carbocycles. The summed E-state index contributed by atoms with van der Waals surface area (Å²) in [6.07, 6.45) is 0.321. The van der Waals surface area contributed by atoms with Crippen LogP contribution in [-0.4, -0.2) is 22.3 Å². The second-order valence-corrected chi connectivity index (χ2v) is 7.35. The summed E-state index contributed by atoms with van der Waals surface area (Å²) < 4.78 is 5.77. The van der Waals surface area contributed by atoms with Crippen LogP contribution in [0, 0.1) is 6.92 Å².